The van der Waals surface area contributed by atoms with Gasteiger partial charge in [-0.05, 0) is 12.2 Å². The van der Waals surface area contributed by atoms with Crippen molar-refractivity contribution in [3.05, 3.63) is 27.4 Å². The molecule has 9 heteroatoms. The van der Waals surface area contributed by atoms with E-state index in [1.807, 2.05) is 0 Å². The van der Waals surface area contributed by atoms with Crippen LogP contribution in [0.25, 0.3) is 0 Å². The maximum absolute atomic E-state index is 11.4. The fourth-order valence-corrected chi connectivity index (χ4v) is 2.32. The largest absolute Gasteiger partial charge is 0.463 e. The average molecular weight is 330 g/mol. The normalized spacial score (nSPS) is 28.0. The number of aliphatic hydroxyl groups excluding tert-OH is 2. The first-order valence-corrected chi connectivity index (χ1v) is 7.21. The maximum Gasteiger partial charge on any atom is 0.308 e. The predicted octanol–water partition coefficient (Wildman–Crippen LogP) is -0.276. The predicted molar refractivity (Wildman–Crippen MR) is 77.6 cm³/mol. The van der Waals surface area contributed by atoms with E-state index in [-0.39, 0.29) is 22.9 Å². The van der Waals surface area contributed by atoms with Crippen molar-refractivity contribution in [1.82, 2.24) is 9.55 Å². The molecule has 0 amide bonds. The van der Waals surface area contributed by atoms with Gasteiger partial charge in [-0.1, -0.05) is 13.8 Å². The molecule has 0 radical (unpaired) electrons. The lowest BCUT2D eigenvalue weighted by atomic mass is 10.1. The molecule has 1 aliphatic rings. The number of esters is 1. The van der Waals surface area contributed by atoms with Gasteiger partial charge in [0, 0.05) is 12.3 Å². The van der Waals surface area contributed by atoms with Crippen molar-refractivity contribution >= 4 is 18.2 Å². The van der Waals surface area contributed by atoms with Crippen molar-refractivity contribution in [2.75, 3.05) is 6.61 Å². The third-order valence-electron chi connectivity index (χ3n) is 3.32. The minimum Gasteiger partial charge on any atom is -0.463 e. The van der Waals surface area contributed by atoms with E-state index in [9.17, 15) is 19.8 Å². The molecule has 0 bridgehead atoms. The lowest BCUT2D eigenvalue weighted by molar-refractivity contribution is -0.153. The second-order valence-electron chi connectivity index (χ2n) is 5.35. The Morgan fingerprint density at radius 2 is 2.18 bits per heavy atom. The highest BCUT2D eigenvalue weighted by Crippen LogP contribution is 2.29. The Bertz CT molecular complexity index is 654. The molecule has 1 unspecified atom stereocenters. The Morgan fingerprint density at radius 3 is 2.77 bits per heavy atom. The number of nitrogens with one attached hydrogen (secondary N) is 1. The van der Waals surface area contributed by atoms with Crippen LogP contribution in [0.3, 0.4) is 0 Å². The summed E-state index contributed by atoms with van der Waals surface area (Å²) < 4.78 is 11.9. The standard InChI is InChI=1S/C13H18N2O6S/c1-6(2)12(19)20-5-7-9(17)10(18)11(21-7)15-4-3-8(16)14-13(15)22/h3-4,6-7,9-11,17-18H,5H2,1-2H3,(H,14,16,22)/t7-,9-,10-,11?/m1/s1. The van der Waals surface area contributed by atoms with Gasteiger partial charge in [-0.3, -0.25) is 19.1 Å². The zero-order valence-corrected chi connectivity index (χ0v) is 12.9. The second-order valence-corrected chi connectivity index (χ2v) is 5.74. The fraction of sp³-hybridized carbons (Fsp3) is 0.615. The summed E-state index contributed by atoms with van der Waals surface area (Å²) in [6.45, 7) is 3.19. The highest BCUT2D eigenvalue weighted by molar-refractivity contribution is 7.71. The molecule has 122 valence electrons. The van der Waals surface area contributed by atoms with Crippen LogP contribution >= 0.6 is 12.2 Å². The number of carbonyl (C=O) groups is 1. The number of aromatic amines is 1. The highest BCUT2D eigenvalue weighted by Gasteiger charge is 2.44. The highest BCUT2D eigenvalue weighted by atomic mass is 32.1. The molecule has 1 saturated heterocycles. The fourth-order valence-electron chi connectivity index (χ4n) is 2.06. The van der Waals surface area contributed by atoms with E-state index in [2.05, 4.69) is 4.98 Å². The molecular weight excluding hydrogens is 312 g/mol. The van der Waals surface area contributed by atoms with Crippen LogP contribution in [0.2, 0.25) is 0 Å². The van der Waals surface area contributed by atoms with E-state index in [1.165, 1.54) is 16.8 Å². The van der Waals surface area contributed by atoms with Gasteiger partial charge in [-0.2, -0.15) is 0 Å². The smallest absolute Gasteiger partial charge is 0.308 e. The van der Waals surface area contributed by atoms with Crippen molar-refractivity contribution in [2.45, 2.75) is 38.4 Å². The van der Waals surface area contributed by atoms with Crippen LogP contribution in [0.15, 0.2) is 17.1 Å². The lowest BCUT2D eigenvalue weighted by Gasteiger charge is -2.18. The van der Waals surface area contributed by atoms with Crippen molar-refractivity contribution < 1.29 is 24.5 Å². The molecule has 4 atom stereocenters. The molecule has 0 spiro atoms. The SMILES string of the molecule is CC(C)C(=O)OC[C@H]1OC(n2ccc(=O)[nH]c2=S)[C@H](O)[C@@H]1O. The zero-order chi connectivity index (χ0) is 16.4. The van der Waals surface area contributed by atoms with Gasteiger partial charge in [0.1, 0.15) is 24.9 Å². The number of ether oxygens (including phenoxy) is 2. The number of H-pyrrole nitrogens is 1. The van der Waals surface area contributed by atoms with Crippen LogP contribution < -0.4 is 5.56 Å². The number of aromatic nitrogens is 2. The molecule has 1 aliphatic heterocycles. The molecular formula is C13H18N2O6S. The molecule has 3 N–H and O–H groups in total. The van der Waals surface area contributed by atoms with Crippen LogP contribution in [0.5, 0.6) is 0 Å². The molecule has 0 saturated carbocycles. The van der Waals surface area contributed by atoms with Crippen LogP contribution in [0, 0.1) is 10.7 Å². The molecule has 1 aromatic rings. The Kier molecular flexibility index (Phi) is 5.12. The van der Waals surface area contributed by atoms with E-state index in [0.717, 1.165) is 0 Å². The summed E-state index contributed by atoms with van der Waals surface area (Å²) in [5, 5.41) is 20.1. The second kappa shape index (κ2) is 6.69. The number of carbonyl (C=O) groups excluding carboxylic acids is 1. The summed E-state index contributed by atoms with van der Waals surface area (Å²) in [6, 6.07) is 1.23. The molecule has 8 nitrogen and oxygen atoms in total. The summed E-state index contributed by atoms with van der Waals surface area (Å²) in [5.41, 5.74) is -0.378. The summed E-state index contributed by atoms with van der Waals surface area (Å²) in [7, 11) is 0. The average Bonchev–Trinajstić information content (AvgIpc) is 2.73. The maximum atomic E-state index is 11.4. The molecule has 2 heterocycles. The number of nitrogens with zero attached hydrogens (tertiary/aromatic N) is 1. The van der Waals surface area contributed by atoms with Crippen LogP contribution in [0.4, 0.5) is 0 Å². The van der Waals surface area contributed by atoms with Crippen LogP contribution in [-0.4, -0.2) is 50.7 Å². The summed E-state index contributed by atoms with van der Waals surface area (Å²) in [6.07, 6.45) is -2.98. The first-order chi connectivity index (χ1) is 10.3. The van der Waals surface area contributed by atoms with E-state index in [1.54, 1.807) is 13.8 Å². The monoisotopic (exact) mass is 330 g/mol. The van der Waals surface area contributed by atoms with Gasteiger partial charge in [-0.15, -0.1) is 0 Å². The van der Waals surface area contributed by atoms with E-state index in [0.29, 0.717) is 0 Å². The molecule has 2 rings (SSSR count). The molecule has 22 heavy (non-hydrogen) atoms. The van der Waals surface area contributed by atoms with E-state index >= 15 is 0 Å². The molecule has 0 aliphatic carbocycles. The topological polar surface area (TPSA) is 114 Å². The van der Waals surface area contributed by atoms with Crippen LogP contribution in [-0.2, 0) is 14.3 Å². The summed E-state index contributed by atoms with van der Waals surface area (Å²) in [4.78, 5) is 25.0. The minimum absolute atomic E-state index is 0.0589. The third kappa shape index (κ3) is 3.43. The summed E-state index contributed by atoms with van der Waals surface area (Å²) in [5.74, 6) is -0.721. The molecule has 1 fully saturated rings. The Morgan fingerprint density at radius 1 is 1.50 bits per heavy atom. The molecule has 1 aromatic heterocycles. The van der Waals surface area contributed by atoms with Crippen molar-refractivity contribution in [2.24, 2.45) is 5.92 Å². The Balaban J connectivity index is 2.11. The number of hydrogen-bond acceptors (Lipinski definition) is 7. The van der Waals surface area contributed by atoms with Gasteiger partial charge in [-0.25, -0.2) is 0 Å². The van der Waals surface area contributed by atoms with Gasteiger partial charge in [0.25, 0.3) is 5.56 Å². The quantitative estimate of drug-likeness (QED) is 0.514. The lowest BCUT2D eigenvalue weighted by Crippen LogP contribution is -2.35. The van der Waals surface area contributed by atoms with Crippen LogP contribution in [0.1, 0.15) is 20.1 Å². The third-order valence-corrected chi connectivity index (χ3v) is 3.64. The zero-order valence-electron chi connectivity index (χ0n) is 12.1. The van der Waals surface area contributed by atoms with Gasteiger partial charge in [0.15, 0.2) is 11.0 Å². The van der Waals surface area contributed by atoms with Gasteiger partial charge in [0.2, 0.25) is 0 Å². The minimum atomic E-state index is -1.26. The van der Waals surface area contributed by atoms with E-state index in [4.69, 9.17) is 21.7 Å². The molecule has 0 aromatic carbocycles. The summed E-state index contributed by atoms with van der Waals surface area (Å²) >= 11 is 5.00. The number of aliphatic hydroxyl groups is 2. The Labute approximate surface area is 131 Å². The van der Waals surface area contributed by atoms with Gasteiger partial charge >= 0.3 is 5.97 Å². The van der Waals surface area contributed by atoms with Crippen molar-refractivity contribution in [1.29, 1.82) is 0 Å². The van der Waals surface area contributed by atoms with Crippen molar-refractivity contribution in [3.8, 4) is 0 Å². The first kappa shape index (κ1) is 16.8. The Hall–Kier alpha value is -1.55. The van der Waals surface area contributed by atoms with Gasteiger partial charge < -0.3 is 19.7 Å². The number of rotatable bonds is 4. The van der Waals surface area contributed by atoms with Gasteiger partial charge in [0.05, 0.1) is 5.92 Å². The van der Waals surface area contributed by atoms with E-state index < -0.39 is 30.5 Å². The first-order valence-electron chi connectivity index (χ1n) is 6.81. The number of hydrogen-bond donors (Lipinski definition) is 3. The van der Waals surface area contributed by atoms with Crippen molar-refractivity contribution in [3.63, 3.8) is 0 Å².